The van der Waals surface area contributed by atoms with Gasteiger partial charge in [-0.05, 0) is 46.8 Å². The van der Waals surface area contributed by atoms with Crippen molar-refractivity contribution in [2.45, 2.75) is 6.54 Å². The Morgan fingerprint density at radius 3 is 2.64 bits per heavy atom. The zero-order valence-electron chi connectivity index (χ0n) is 13.1. The summed E-state index contributed by atoms with van der Waals surface area (Å²) in [6.45, 7) is 1.38. The predicted octanol–water partition coefficient (Wildman–Crippen LogP) is 1.67. The first-order valence-electron chi connectivity index (χ1n) is 7.92. The topological polar surface area (TPSA) is 81.7 Å². The lowest BCUT2D eigenvalue weighted by Crippen LogP contribution is -2.29. The van der Waals surface area contributed by atoms with Gasteiger partial charge in [-0.3, -0.25) is 9.69 Å². The first kappa shape index (κ1) is 13.8. The molecule has 8 heteroatoms. The Hall–Kier alpha value is -3.55. The number of aromatic nitrogens is 6. The maximum Gasteiger partial charge on any atom is 0.260 e. The Bertz CT molecular complexity index is 1070. The summed E-state index contributed by atoms with van der Waals surface area (Å²) in [5, 5.41) is 11.1. The van der Waals surface area contributed by atoms with Crippen molar-refractivity contribution in [2.24, 2.45) is 0 Å². The molecule has 1 aliphatic rings. The lowest BCUT2D eigenvalue weighted by atomic mass is 10.2. The van der Waals surface area contributed by atoms with Crippen LogP contribution in [-0.2, 0) is 6.54 Å². The molecule has 0 bridgehead atoms. The summed E-state index contributed by atoms with van der Waals surface area (Å²) in [6.07, 6.45) is 1.51. The smallest absolute Gasteiger partial charge is 0.260 e. The molecule has 5 rings (SSSR count). The maximum atomic E-state index is 12.9. The maximum absolute atomic E-state index is 12.9. The van der Waals surface area contributed by atoms with Crippen molar-refractivity contribution < 1.29 is 4.79 Å². The molecule has 0 atom stereocenters. The van der Waals surface area contributed by atoms with Crippen LogP contribution in [0.15, 0.2) is 54.9 Å². The average molecular weight is 331 g/mol. The highest BCUT2D eigenvalue weighted by molar-refractivity contribution is 6.06. The van der Waals surface area contributed by atoms with Gasteiger partial charge in [0, 0.05) is 18.7 Å². The van der Waals surface area contributed by atoms with Crippen LogP contribution in [0.3, 0.4) is 0 Å². The van der Waals surface area contributed by atoms with Gasteiger partial charge in [-0.1, -0.05) is 12.1 Å². The number of carbonyl (C=O) groups is 1. The van der Waals surface area contributed by atoms with E-state index < -0.39 is 0 Å². The summed E-state index contributed by atoms with van der Waals surface area (Å²) in [5.41, 5.74) is 3.37. The average Bonchev–Trinajstić information content (AvgIpc) is 3.38. The van der Waals surface area contributed by atoms with Crippen LogP contribution in [0, 0.1) is 0 Å². The molecule has 0 spiro atoms. The van der Waals surface area contributed by atoms with E-state index in [-0.39, 0.29) is 5.91 Å². The van der Waals surface area contributed by atoms with E-state index in [0.717, 1.165) is 23.3 Å². The van der Waals surface area contributed by atoms with Crippen molar-refractivity contribution in [2.75, 3.05) is 11.4 Å². The number of rotatable bonds is 2. The molecular formula is C17H13N7O. The summed E-state index contributed by atoms with van der Waals surface area (Å²) in [5.74, 6) is 0.646. The summed E-state index contributed by atoms with van der Waals surface area (Å²) in [4.78, 5) is 19.3. The summed E-state index contributed by atoms with van der Waals surface area (Å²) in [7, 11) is 0. The normalized spacial score (nSPS) is 13.4. The van der Waals surface area contributed by atoms with Crippen LogP contribution in [0.5, 0.6) is 0 Å². The third-order valence-corrected chi connectivity index (χ3v) is 4.40. The number of hydrogen-bond acceptors (Lipinski definition) is 5. The number of amides is 1. The third kappa shape index (κ3) is 2.11. The number of tetrazole rings is 1. The highest BCUT2D eigenvalue weighted by Gasteiger charge is 2.28. The Kier molecular flexibility index (Phi) is 2.90. The first-order chi connectivity index (χ1) is 12.3. The summed E-state index contributed by atoms with van der Waals surface area (Å²) < 4.78 is 3.63. The fourth-order valence-corrected chi connectivity index (χ4v) is 3.17. The van der Waals surface area contributed by atoms with Crippen molar-refractivity contribution in [1.82, 2.24) is 29.8 Å². The largest absolute Gasteiger partial charge is 0.308 e. The van der Waals surface area contributed by atoms with Gasteiger partial charge < -0.3 is 4.57 Å². The van der Waals surface area contributed by atoms with E-state index >= 15 is 0 Å². The number of hydrogen-bond donors (Lipinski definition) is 0. The quantitative estimate of drug-likeness (QED) is 0.558. The molecule has 0 saturated heterocycles. The van der Waals surface area contributed by atoms with Crippen molar-refractivity contribution in [3.63, 3.8) is 0 Å². The van der Waals surface area contributed by atoms with Gasteiger partial charge in [-0.15, -0.1) is 5.10 Å². The zero-order chi connectivity index (χ0) is 16.8. The van der Waals surface area contributed by atoms with E-state index in [9.17, 15) is 4.79 Å². The first-order valence-corrected chi connectivity index (χ1v) is 7.92. The van der Waals surface area contributed by atoms with E-state index in [1.807, 2.05) is 36.4 Å². The number of benzene rings is 2. The molecular weight excluding hydrogens is 318 g/mol. The van der Waals surface area contributed by atoms with E-state index in [2.05, 4.69) is 25.1 Å². The highest BCUT2D eigenvalue weighted by Crippen LogP contribution is 2.28. The van der Waals surface area contributed by atoms with Gasteiger partial charge >= 0.3 is 0 Å². The van der Waals surface area contributed by atoms with Crippen LogP contribution in [0.25, 0.3) is 16.7 Å². The van der Waals surface area contributed by atoms with Crippen LogP contribution < -0.4 is 4.90 Å². The van der Waals surface area contributed by atoms with Crippen molar-refractivity contribution in [3.8, 4) is 5.69 Å². The highest BCUT2D eigenvalue weighted by atomic mass is 16.2. The van der Waals surface area contributed by atoms with Gasteiger partial charge in [-0.2, -0.15) is 0 Å². The molecule has 1 amide bonds. The van der Waals surface area contributed by atoms with Crippen molar-refractivity contribution in [3.05, 3.63) is 60.4 Å². The monoisotopic (exact) mass is 331 g/mol. The lowest BCUT2D eigenvalue weighted by Gasteiger charge is -2.14. The standard InChI is InChI=1S/C17H13N7O/c25-16(12-5-7-13(8-6-12)24-11-18-20-21-24)23-10-9-22-15-4-2-1-3-14(15)19-17(22)23/h1-8,11H,9-10H2. The molecule has 1 aliphatic heterocycles. The van der Waals surface area contributed by atoms with Gasteiger partial charge in [0.2, 0.25) is 5.95 Å². The molecule has 122 valence electrons. The number of carbonyl (C=O) groups excluding carboxylic acids is 1. The minimum Gasteiger partial charge on any atom is -0.308 e. The van der Waals surface area contributed by atoms with Crippen LogP contribution in [0.4, 0.5) is 5.95 Å². The van der Waals surface area contributed by atoms with E-state index in [4.69, 9.17) is 0 Å². The van der Waals surface area contributed by atoms with Crippen molar-refractivity contribution in [1.29, 1.82) is 0 Å². The number of imidazole rings is 1. The number of anilines is 1. The Morgan fingerprint density at radius 1 is 1.00 bits per heavy atom. The SMILES string of the molecule is O=C(c1ccc(-n2cnnn2)cc1)N1CCn2c1nc1ccccc12. The molecule has 0 saturated carbocycles. The van der Waals surface area contributed by atoms with Crippen LogP contribution in [0.2, 0.25) is 0 Å². The van der Waals surface area contributed by atoms with Crippen LogP contribution in [0.1, 0.15) is 10.4 Å². The molecule has 0 unspecified atom stereocenters. The summed E-state index contributed by atoms with van der Waals surface area (Å²) >= 11 is 0. The number of fused-ring (bicyclic) bond motifs is 3. The molecule has 4 aromatic rings. The Morgan fingerprint density at radius 2 is 1.84 bits per heavy atom. The lowest BCUT2D eigenvalue weighted by molar-refractivity contribution is 0.0989. The molecule has 0 radical (unpaired) electrons. The van der Waals surface area contributed by atoms with Gasteiger partial charge in [0.05, 0.1) is 16.7 Å². The predicted molar refractivity (Wildman–Crippen MR) is 90.6 cm³/mol. The molecule has 0 N–H and O–H groups in total. The molecule has 0 aliphatic carbocycles. The molecule has 2 aromatic carbocycles. The second kappa shape index (κ2) is 5.23. The minimum atomic E-state index is -0.0580. The molecule has 0 fully saturated rings. The van der Waals surface area contributed by atoms with Crippen LogP contribution >= 0.6 is 0 Å². The molecule has 8 nitrogen and oxygen atoms in total. The third-order valence-electron chi connectivity index (χ3n) is 4.40. The van der Waals surface area contributed by atoms with Crippen LogP contribution in [-0.4, -0.2) is 42.2 Å². The second-order valence-corrected chi connectivity index (χ2v) is 5.81. The number of nitrogens with zero attached hydrogens (tertiary/aromatic N) is 7. The van der Waals surface area contributed by atoms with Gasteiger partial charge in [0.15, 0.2) is 0 Å². The zero-order valence-corrected chi connectivity index (χ0v) is 13.1. The van der Waals surface area contributed by atoms with E-state index in [1.54, 1.807) is 21.7 Å². The van der Waals surface area contributed by atoms with Gasteiger partial charge in [0.1, 0.15) is 6.33 Å². The van der Waals surface area contributed by atoms with Gasteiger partial charge in [-0.25, -0.2) is 9.67 Å². The molecule has 3 heterocycles. The minimum absolute atomic E-state index is 0.0580. The molecule has 25 heavy (non-hydrogen) atoms. The fraction of sp³-hybridized carbons (Fsp3) is 0.118. The van der Waals surface area contributed by atoms with Gasteiger partial charge in [0.25, 0.3) is 5.91 Å². The molecule has 2 aromatic heterocycles. The Labute approximate surface area is 142 Å². The van der Waals surface area contributed by atoms with Crippen molar-refractivity contribution >= 4 is 22.9 Å². The second-order valence-electron chi connectivity index (χ2n) is 5.81. The fourth-order valence-electron chi connectivity index (χ4n) is 3.17. The summed E-state index contributed by atoms with van der Waals surface area (Å²) in [6, 6.07) is 15.1. The van der Waals surface area contributed by atoms with E-state index in [1.165, 1.54) is 6.33 Å². The number of para-hydroxylation sites is 2. The van der Waals surface area contributed by atoms with E-state index in [0.29, 0.717) is 18.1 Å². The Balaban J connectivity index is 1.48.